The van der Waals surface area contributed by atoms with Crippen molar-refractivity contribution in [1.82, 2.24) is 5.32 Å². The minimum atomic E-state index is -0.199. The molecular weight excluding hydrogens is 238 g/mol. The average molecular weight is 263 g/mol. The SMILES string of the molecule is CCC(O)CCNC1CC(C)(C)Oc2ccccc21. The van der Waals surface area contributed by atoms with E-state index in [0.717, 1.165) is 31.6 Å². The molecule has 19 heavy (non-hydrogen) atoms. The second kappa shape index (κ2) is 5.93. The molecule has 2 rings (SSSR count). The van der Waals surface area contributed by atoms with Crippen molar-refractivity contribution in [1.29, 1.82) is 0 Å². The molecular formula is C16H25NO2. The third kappa shape index (κ3) is 3.71. The Balaban J connectivity index is 2.03. The maximum Gasteiger partial charge on any atom is 0.124 e. The Bertz CT molecular complexity index is 417. The summed E-state index contributed by atoms with van der Waals surface area (Å²) in [6.07, 6.45) is 2.37. The summed E-state index contributed by atoms with van der Waals surface area (Å²) >= 11 is 0. The number of benzene rings is 1. The third-order valence-electron chi connectivity index (χ3n) is 3.72. The highest BCUT2D eigenvalue weighted by Crippen LogP contribution is 2.39. The lowest BCUT2D eigenvalue weighted by atomic mass is 9.89. The number of aliphatic hydroxyl groups is 1. The Morgan fingerprint density at radius 3 is 2.89 bits per heavy atom. The van der Waals surface area contributed by atoms with E-state index < -0.39 is 0 Å². The van der Waals surface area contributed by atoms with E-state index >= 15 is 0 Å². The Morgan fingerprint density at radius 1 is 1.42 bits per heavy atom. The van der Waals surface area contributed by atoms with Gasteiger partial charge in [0, 0.05) is 18.0 Å². The Kier molecular flexibility index (Phi) is 4.48. The van der Waals surface area contributed by atoms with Crippen molar-refractivity contribution >= 4 is 0 Å². The van der Waals surface area contributed by atoms with Gasteiger partial charge in [-0.1, -0.05) is 25.1 Å². The van der Waals surface area contributed by atoms with E-state index in [1.165, 1.54) is 5.56 Å². The van der Waals surface area contributed by atoms with Gasteiger partial charge in [-0.05, 0) is 39.3 Å². The molecule has 2 atom stereocenters. The fraction of sp³-hybridized carbons (Fsp3) is 0.625. The van der Waals surface area contributed by atoms with Gasteiger partial charge in [0.1, 0.15) is 11.4 Å². The molecule has 0 radical (unpaired) electrons. The summed E-state index contributed by atoms with van der Waals surface area (Å²) in [5.41, 5.74) is 1.09. The molecule has 1 aromatic carbocycles. The van der Waals surface area contributed by atoms with Gasteiger partial charge >= 0.3 is 0 Å². The normalized spacial score (nSPS) is 22.4. The van der Waals surface area contributed by atoms with Crippen LogP contribution in [0.5, 0.6) is 5.75 Å². The molecule has 0 fully saturated rings. The zero-order chi connectivity index (χ0) is 13.9. The van der Waals surface area contributed by atoms with Gasteiger partial charge in [0.2, 0.25) is 0 Å². The van der Waals surface area contributed by atoms with Crippen molar-refractivity contribution in [3.8, 4) is 5.75 Å². The van der Waals surface area contributed by atoms with Crippen LogP contribution in [0.25, 0.3) is 0 Å². The minimum absolute atomic E-state index is 0.143. The summed E-state index contributed by atoms with van der Waals surface area (Å²) in [6, 6.07) is 8.53. The van der Waals surface area contributed by atoms with E-state index in [-0.39, 0.29) is 11.7 Å². The van der Waals surface area contributed by atoms with Crippen molar-refractivity contribution in [3.63, 3.8) is 0 Å². The van der Waals surface area contributed by atoms with Crippen LogP contribution in [0.2, 0.25) is 0 Å². The lowest BCUT2D eigenvalue weighted by Gasteiger charge is -2.38. The fourth-order valence-corrected chi connectivity index (χ4v) is 2.61. The Hall–Kier alpha value is -1.06. The molecule has 0 saturated carbocycles. The van der Waals surface area contributed by atoms with Gasteiger partial charge in [0.25, 0.3) is 0 Å². The Morgan fingerprint density at radius 2 is 2.16 bits per heavy atom. The van der Waals surface area contributed by atoms with Crippen LogP contribution < -0.4 is 10.1 Å². The van der Waals surface area contributed by atoms with Gasteiger partial charge in [0.15, 0.2) is 0 Å². The second-order valence-electron chi connectivity index (χ2n) is 5.96. The molecule has 1 heterocycles. The van der Waals surface area contributed by atoms with Crippen LogP contribution in [-0.2, 0) is 0 Å². The standard InChI is InChI=1S/C16H25NO2/c1-4-12(18)9-10-17-14-11-16(2,3)19-15-8-6-5-7-13(14)15/h5-8,12,14,17-18H,4,9-11H2,1-3H3. The van der Waals surface area contributed by atoms with E-state index in [1.807, 2.05) is 19.1 Å². The number of hydrogen-bond acceptors (Lipinski definition) is 3. The smallest absolute Gasteiger partial charge is 0.124 e. The maximum atomic E-state index is 9.62. The molecule has 0 spiro atoms. The van der Waals surface area contributed by atoms with Crippen LogP contribution in [0.4, 0.5) is 0 Å². The van der Waals surface area contributed by atoms with Gasteiger partial charge in [-0.15, -0.1) is 0 Å². The molecule has 1 aromatic rings. The molecule has 3 heteroatoms. The van der Waals surface area contributed by atoms with Gasteiger partial charge in [0.05, 0.1) is 6.10 Å². The van der Waals surface area contributed by atoms with E-state index in [2.05, 4.69) is 31.3 Å². The first-order chi connectivity index (χ1) is 9.02. The monoisotopic (exact) mass is 263 g/mol. The van der Waals surface area contributed by atoms with Crippen LogP contribution in [0.1, 0.15) is 51.6 Å². The molecule has 2 N–H and O–H groups in total. The van der Waals surface area contributed by atoms with Crippen molar-refractivity contribution in [2.75, 3.05) is 6.54 Å². The summed E-state index contributed by atoms with van der Waals surface area (Å²) in [5.74, 6) is 0.979. The summed E-state index contributed by atoms with van der Waals surface area (Å²) in [6.45, 7) is 7.10. The van der Waals surface area contributed by atoms with Crippen LogP contribution >= 0.6 is 0 Å². The van der Waals surface area contributed by atoms with Crippen LogP contribution in [0.15, 0.2) is 24.3 Å². The lowest BCUT2D eigenvalue weighted by Crippen LogP contribution is -2.40. The van der Waals surface area contributed by atoms with Crippen molar-refractivity contribution in [3.05, 3.63) is 29.8 Å². The van der Waals surface area contributed by atoms with Crippen LogP contribution in [-0.4, -0.2) is 23.4 Å². The van der Waals surface area contributed by atoms with Gasteiger partial charge < -0.3 is 15.2 Å². The first-order valence-corrected chi connectivity index (χ1v) is 7.21. The van der Waals surface area contributed by atoms with Gasteiger partial charge in [-0.3, -0.25) is 0 Å². The molecule has 1 aliphatic heterocycles. The first kappa shape index (κ1) is 14.4. The summed E-state index contributed by atoms with van der Waals surface area (Å²) in [5, 5.41) is 13.2. The predicted octanol–water partition coefficient (Wildman–Crippen LogP) is 3.04. The van der Waals surface area contributed by atoms with E-state index in [1.54, 1.807) is 0 Å². The van der Waals surface area contributed by atoms with Gasteiger partial charge in [-0.2, -0.15) is 0 Å². The second-order valence-corrected chi connectivity index (χ2v) is 5.96. The van der Waals surface area contributed by atoms with Crippen LogP contribution in [0.3, 0.4) is 0 Å². The van der Waals surface area contributed by atoms with E-state index in [9.17, 15) is 5.11 Å². The van der Waals surface area contributed by atoms with Gasteiger partial charge in [-0.25, -0.2) is 0 Å². The zero-order valence-corrected chi connectivity index (χ0v) is 12.1. The first-order valence-electron chi connectivity index (χ1n) is 7.21. The largest absolute Gasteiger partial charge is 0.487 e. The Labute approximate surface area is 116 Å². The highest BCUT2D eigenvalue weighted by atomic mass is 16.5. The highest BCUT2D eigenvalue weighted by Gasteiger charge is 2.33. The van der Waals surface area contributed by atoms with E-state index in [0.29, 0.717) is 6.04 Å². The van der Waals surface area contributed by atoms with Crippen molar-refractivity contribution in [2.24, 2.45) is 0 Å². The molecule has 0 aliphatic carbocycles. The number of hydrogen-bond donors (Lipinski definition) is 2. The molecule has 2 unspecified atom stereocenters. The molecule has 1 aliphatic rings. The van der Waals surface area contributed by atoms with E-state index in [4.69, 9.17) is 4.74 Å². The fourth-order valence-electron chi connectivity index (χ4n) is 2.61. The predicted molar refractivity (Wildman–Crippen MR) is 77.4 cm³/mol. The minimum Gasteiger partial charge on any atom is -0.487 e. The number of aliphatic hydroxyl groups excluding tert-OH is 1. The number of fused-ring (bicyclic) bond motifs is 1. The molecule has 0 bridgehead atoms. The maximum absolute atomic E-state index is 9.62. The zero-order valence-electron chi connectivity index (χ0n) is 12.1. The summed E-state index contributed by atoms with van der Waals surface area (Å²) in [7, 11) is 0. The molecule has 106 valence electrons. The third-order valence-corrected chi connectivity index (χ3v) is 3.72. The van der Waals surface area contributed by atoms with Crippen LogP contribution in [0, 0.1) is 0 Å². The highest BCUT2D eigenvalue weighted by molar-refractivity contribution is 5.38. The van der Waals surface area contributed by atoms with Crippen molar-refractivity contribution < 1.29 is 9.84 Å². The molecule has 0 amide bonds. The molecule has 0 aromatic heterocycles. The lowest BCUT2D eigenvalue weighted by molar-refractivity contribution is 0.0649. The molecule has 3 nitrogen and oxygen atoms in total. The number of rotatable bonds is 5. The van der Waals surface area contributed by atoms with Crippen molar-refractivity contribution in [2.45, 2.75) is 57.8 Å². The summed E-state index contributed by atoms with van der Waals surface area (Å²) < 4.78 is 6.01. The quantitative estimate of drug-likeness (QED) is 0.858. The number of ether oxygens (including phenoxy) is 1. The molecule has 0 saturated heterocycles. The summed E-state index contributed by atoms with van der Waals surface area (Å²) in [4.78, 5) is 0. The number of nitrogens with one attached hydrogen (secondary N) is 1. The average Bonchev–Trinajstić information content (AvgIpc) is 2.37. The topological polar surface area (TPSA) is 41.5 Å². The number of para-hydroxylation sites is 1.